The van der Waals surface area contributed by atoms with Crippen LogP contribution in [0.25, 0.3) is 0 Å². The van der Waals surface area contributed by atoms with E-state index >= 15 is 0 Å². The van der Waals surface area contributed by atoms with E-state index < -0.39 is 0 Å². The van der Waals surface area contributed by atoms with Gasteiger partial charge < -0.3 is 10.2 Å². The molecule has 0 unspecified atom stereocenters. The van der Waals surface area contributed by atoms with E-state index in [2.05, 4.69) is 46.6 Å². The van der Waals surface area contributed by atoms with Crippen LogP contribution in [0.3, 0.4) is 0 Å². The van der Waals surface area contributed by atoms with Gasteiger partial charge in [-0.05, 0) is 30.5 Å². The molecule has 5 nitrogen and oxygen atoms in total. The molecule has 1 aromatic carbocycles. The van der Waals surface area contributed by atoms with Gasteiger partial charge in [-0.1, -0.05) is 35.9 Å². The van der Waals surface area contributed by atoms with E-state index in [9.17, 15) is 4.79 Å². The van der Waals surface area contributed by atoms with E-state index in [4.69, 9.17) is 23.2 Å². The summed E-state index contributed by atoms with van der Waals surface area (Å²) < 4.78 is 1.24. The highest BCUT2D eigenvalue weighted by Gasteiger charge is 2.27. The van der Waals surface area contributed by atoms with Crippen molar-refractivity contribution in [3.05, 3.63) is 57.0 Å². The van der Waals surface area contributed by atoms with Crippen LogP contribution in [0.1, 0.15) is 23.5 Å². The van der Waals surface area contributed by atoms with Crippen LogP contribution in [-0.2, 0) is 12.9 Å². The molecule has 1 fully saturated rings. The Balaban J connectivity index is 1.76. The van der Waals surface area contributed by atoms with Gasteiger partial charge in [-0.2, -0.15) is 5.10 Å². The number of rotatable bonds is 4. The lowest BCUT2D eigenvalue weighted by molar-refractivity contribution is 0.235. The number of aryl methyl sites for hydroxylation is 1. The summed E-state index contributed by atoms with van der Waals surface area (Å²) in [6, 6.07) is 8.68. The Bertz CT molecular complexity index is 791. The maximum atomic E-state index is 11.9. The standard InChI is InChI=1S/C18H22Cl2N4O/c1-23-10-14(13-5-3-12(8-19)4-6-13)7-15(11-23)22-16-9-21-24(2)18(25)17(16)20/h3-6,9,14-15,22H,7-8,10-11H2,1-2H3/t14-,15+/m0/s1. The van der Waals surface area contributed by atoms with Crippen molar-refractivity contribution in [1.29, 1.82) is 0 Å². The minimum atomic E-state index is -0.288. The first-order valence-electron chi connectivity index (χ1n) is 8.29. The largest absolute Gasteiger partial charge is 0.378 e. The van der Waals surface area contributed by atoms with Crippen LogP contribution >= 0.6 is 23.2 Å². The summed E-state index contributed by atoms with van der Waals surface area (Å²) in [4.78, 5) is 14.2. The van der Waals surface area contributed by atoms with Gasteiger partial charge >= 0.3 is 0 Å². The maximum Gasteiger partial charge on any atom is 0.287 e. The molecule has 0 aliphatic carbocycles. The topological polar surface area (TPSA) is 50.2 Å². The molecule has 2 heterocycles. The highest BCUT2D eigenvalue weighted by atomic mass is 35.5. The molecule has 1 aromatic heterocycles. The number of benzene rings is 1. The molecule has 0 bridgehead atoms. The third kappa shape index (κ3) is 4.17. The molecule has 1 N–H and O–H groups in total. The van der Waals surface area contributed by atoms with Gasteiger partial charge in [0.25, 0.3) is 5.56 Å². The minimum Gasteiger partial charge on any atom is -0.378 e. The van der Waals surface area contributed by atoms with Gasteiger partial charge in [-0.15, -0.1) is 11.6 Å². The molecule has 0 radical (unpaired) electrons. The molecule has 134 valence electrons. The second kappa shape index (κ2) is 7.77. The van der Waals surface area contributed by atoms with Crippen LogP contribution in [0.4, 0.5) is 5.69 Å². The molecule has 7 heteroatoms. The first kappa shape index (κ1) is 18.2. The first-order valence-corrected chi connectivity index (χ1v) is 9.21. The highest BCUT2D eigenvalue weighted by Crippen LogP contribution is 2.29. The van der Waals surface area contributed by atoms with Crippen molar-refractivity contribution < 1.29 is 0 Å². The number of hydrogen-bond acceptors (Lipinski definition) is 4. The number of hydrogen-bond donors (Lipinski definition) is 1. The summed E-state index contributed by atoms with van der Waals surface area (Å²) >= 11 is 12.1. The Labute approximate surface area is 157 Å². The van der Waals surface area contributed by atoms with E-state index in [0.717, 1.165) is 25.1 Å². The Morgan fingerprint density at radius 2 is 1.96 bits per heavy atom. The third-order valence-corrected chi connectivity index (χ3v) is 5.35. The van der Waals surface area contributed by atoms with E-state index in [1.807, 2.05) is 0 Å². The van der Waals surface area contributed by atoms with Crippen molar-refractivity contribution in [3.63, 3.8) is 0 Å². The van der Waals surface area contributed by atoms with Gasteiger partial charge in [0.05, 0.1) is 11.9 Å². The van der Waals surface area contributed by atoms with Crippen LogP contribution in [0.2, 0.25) is 5.02 Å². The smallest absolute Gasteiger partial charge is 0.287 e. The fraction of sp³-hybridized carbons (Fsp3) is 0.444. The van der Waals surface area contributed by atoms with Crippen LogP contribution < -0.4 is 10.9 Å². The average molecular weight is 381 g/mol. The summed E-state index contributed by atoms with van der Waals surface area (Å²) in [6.07, 6.45) is 2.58. The molecule has 1 saturated heterocycles. The van der Waals surface area contributed by atoms with Crippen molar-refractivity contribution in [2.45, 2.75) is 24.3 Å². The number of aromatic nitrogens is 2. The van der Waals surface area contributed by atoms with Crippen molar-refractivity contribution in [3.8, 4) is 0 Å². The second-order valence-electron chi connectivity index (χ2n) is 6.67. The Morgan fingerprint density at radius 3 is 2.64 bits per heavy atom. The number of nitrogens with zero attached hydrogens (tertiary/aromatic N) is 3. The first-order chi connectivity index (χ1) is 12.0. The molecular weight excluding hydrogens is 359 g/mol. The normalized spacial score (nSPS) is 21.3. The Hall–Kier alpha value is -1.56. The lowest BCUT2D eigenvalue weighted by Gasteiger charge is -2.36. The number of likely N-dealkylation sites (N-methyl/N-ethyl adjacent to an activating group) is 1. The SMILES string of the molecule is CN1C[C@H](Nc2cnn(C)c(=O)c2Cl)C[C@H](c2ccc(CCl)cc2)C1. The van der Waals surface area contributed by atoms with E-state index in [1.165, 1.54) is 10.2 Å². The van der Waals surface area contributed by atoms with E-state index in [1.54, 1.807) is 13.2 Å². The predicted octanol–water partition coefficient (Wildman–Crippen LogP) is 3.07. The number of nitrogens with one attached hydrogen (secondary N) is 1. The van der Waals surface area contributed by atoms with Crippen molar-refractivity contribution in [2.24, 2.45) is 7.05 Å². The van der Waals surface area contributed by atoms with Crippen LogP contribution in [0.5, 0.6) is 0 Å². The number of likely N-dealkylation sites (tertiary alicyclic amines) is 1. The summed E-state index contributed by atoms with van der Waals surface area (Å²) in [5.41, 5.74) is 2.74. The minimum absolute atomic E-state index is 0.189. The fourth-order valence-electron chi connectivity index (χ4n) is 3.38. The van der Waals surface area contributed by atoms with Gasteiger partial charge in [0.1, 0.15) is 5.02 Å². The van der Waals surface area contributed by atoms with Crippen molar-refractivity contribution in [2.75, 3.05) is 25.5 Å². The maximum absolute atomic E-state index is 11.9. The molecule has 25 heavy (non-hydrogen) atoms. The zero-order chi connectivity index (χ0) is 18.0. The van der Waals surface area contributed by atoms with Gasteiger partial charge in [-0.3, -0.25) is 4.79 Å². The van der Waals surface area contributed by atoms with E-state index in [-0.39, 0.29) is 16.6 Å². The highest BCUT2D eigenvalue weighted by molar-refractivity contribution is 6.32. The van der Waals surface area contributed by atoms with Crippen molar-refractivity contribution in [1.82, 2.24) is 14.7 Å². The molecule has 2 atom stereocenters. The Kier molecular flexibility index (Phi) is 5.67. The molecule has 0 amide bonds. The summed E-state index contributed by atoms with van der Waals surface area (Å²) in [7, 11) is 3.70. The lowest BCUT2D eigenvalue weighted by atomic mass is 9.88. The van der Waals surface area contributed by atoms with Crippen LogP contribution in [0, 0.1) is 0 Å². The zero-order valence-electron chi connectivity index (χ0n) is 14.4. The monoisotopic (exact) mass is 380 g/mol. The molecule has 0 saturated carbocycles. The number of halogens is 2. The average Bonchev–Trinajstić information content (AvgIpc) is 2.62. The molecule has 0 spiro atoms. The fourth-order valence-corrected chi connectivity index (χ4v) is 3.78. The molecule has 3 rings (SSSR count). The molecular formula is C18H22Cl2N4O. The van der Waals surface area contributed by atoms with Gasteiger partial charge in [0.15, 0.2) is 0 Å². The van der Waals surface area contributed by atoms with Crippen molar-refractivity contribution >= 4 is 28.9 Å². The third-order valence-electron chi connectivity index (χ3n) is 4.68. The summed E-state index contributed by atoms with van der Waals surface area (Å²) in [6.45, 7) is 1.89. The van der Waals surface area contributed by atoms with Crippen LogP contribution in [0.15, 0.2) is 35.3 Å². The zero-order valence-corrected chi connectivity index (χ0v) is 15.9. The molecule has 1 aliphatic rings. The predicted molar refractivity (Wildman–Crippen MR) is 103 cm³/mol. The van der Waals surface area contributed by atoms with Gasteiger partial charge in [-0.25, -0.2) is 4.68 Å². The number of anilines is 1. The lowest BCUT2D eigenvalue weighted by Crippen LogP contribution is -2.43. The van der Waals surface area contributed by atoms with Gasteiger partial charge in [0, 0.05) is 32.1 Å². The quantitative estimate of drug-likeness (QED) is 0.828. The number of alkyl halides is 1. The summed E-state index contributed by atoms with van der Waals surface area (Å²) in [5.74, 6) is 0.947. The molecule has 2 aromatic rings. The second-order valence-corrected chi connectivity index (χ2v) is 7.32. The van der Waals surface area contributed by atoms with E-state index in [0.29, 0.717) is 17.5 Å². The van der Waals surface area contributed by atoms with Crippen LogP contribution in [-0.4, -0.2) is 40.9 Å². The van der Waals surface area contributed by atoms with Gasteiger partial charge in [0.2, 0.25) is 0 Å². The molecule has 1 aliphatic heterocycles. The number of piperidine rings is 1. The Morgan fingerprint density at radius 1 is 1.24 bits per heavy atom. The summed E-state index contributed by atoms with van der Waals surface area (Å²) in [5, 5.41) is 7.64.